The number of nitrogens with one attached hydrogen (secondary N) is 1. The quantitative estimate of drug-likeness (QED) is 0.712. The number of nitrogens with zero attached hydrogens (tertiary/aromatic N) is 1. The zero-order chi connectivity index (χ0) is 13.9. The molecule has 2 aromatic carbocycles. The van der Waals surface area contributed by atoms with Crippen molar-refractivity contribution in [3.8, 4) is 0 Å². The summed E-state index contributed by atoms with van der Waals surface area (Å²) < 4.78 is 0. The van der Waals surface area contributed by atoms with Crippen LogP contribution in [-0.2, 0) is 6.54 Å². The Morgan fingerprint density at radius 3 is 2.80 bits per heavy atom. The third-order valence-corrected chi connectivity index (χ3v) is 3.49. The molecule has 0 fully saturated rings. The Hall–Kier alpha value is -2.26. The summed E-state index contributed by atoms with van der Waals surface area (Å²) in [6.45, 7) is 0.665. The maximum atomic E-state index is 6.16. The highest BCUT2D eigenvalue weighted by molar-refractivity contribution is 6.33. The van der Waals surface area contributed by atoms with Crippen molar-refractivity contribution in [3.63, 3.8) is 0 Å². The number of hydrogen-bond donors (Lipinski definition) is 2. The van der Waals surface area contributed by atoms with Crippen LogP contribution in [0.2, 0.25) is 5.02 Å². The molecular weight excluding hydrogens is 270 g/mol. The first-order chi connectivity index (χ1) is 9.74. The molecule has 100 valence electrons. The number of fused-ring (bicyclic) bond motifs is 1. The summed E-state index contributed by atoms with van der Waals surface area (Å²) in [5.41, 5.74) is 9.36. The van der Waals surface area contributed by atoms with Crippen LogP contribution in [0.1, 0.15) is 5.56 Å². The minimum atomic E-state index is 0.623. The predicted octanol–water partition coefficient (Wildman–Crippen LogP) is 4.08. The van der Waals surface area contributed by atoms with Crippen LogP contribution in [0.4, 0.5) is 11.4 Å². The molecule has 0 saturated heterocycles. The average Bonchev–Trinajstić information content (AvgIpc) is 2.46. The molecule has 0 aliphatic rings. The fourth-order valence-corrected chi connectivity index (χ4v) is 2.43. The SMILES string of the molecule is Nc1ccc(NCc2cccc3cccnc23)c(Cl)c1. The molecule has 3 aromatic rings. The molecular formula is C16H14ClN3. The number of pyridine rings is 1. The average molecular weight is 284 g/mol. The van der Waals surface area contributed by atoms with E-state index in [-0.39, 0.29) is 0 Å². The topological polar surface area (TPSA) is 50.9 Å². The Morgan fingerprint density at radius 1 is 1.10 bits per heavy atom. The molecule has 3 nitrogen and oxygen atoms in total. The minimum absolute atomic E-state index is 0.623. The third-order valence-electron chi connectivity index (χ3n) is 3.18. The van der Waals surface area contributed by atoms with Gasteiger partial charge in [-0.3, -0.25) is 4.98 Å². The molecule has 0 radical (unpaired) electrons. The van der Waals surface area contributed by atoms with Crippen molar-refractivity contribution in [2.45, 2.75) is 6.54 Å². The second-order valence-corrected chi connectivity index (χ2v) is 4.99. The van der Waals surface area contributed by atoms with E-state index in [1.165, 1.54) is 0 Å². The van der Waals surface area contributed by atoms with Crippen molar-refractivity contribution in [2.75, 3.05) is 11.1 Å². The monoisotopic (exact) mass is 283 g/mol. The van der Waals surface area contributed by atoms with Gasteiger partial charge in [-0.1, -0.05) is 35.9 Å². The standard InChI is InChI=1S/C16H14ClN3/c17-14-9-13(18)6-7-15(14)20-10-12-4-1-3-11-5-2-8-19-16(11)12/h1-9,20H,10,18H2. The van der Waals surface area contributed by atoms with Gasteiger partial charge in [0.05, 0.1) is 16.2 Å². The molecule has 3 rings (SSSR count). The molecule has 0 aliphatic carbocycles. The summed E-state index contributed by atoms with van der Waals surface area (Å²) in [6, 6.07) is 15.6. The van der Waals surface area contributed by atoms with Gasteiger partial charge >= 0.3 is 0 Å². The Bertz CT molecular complexity index is 750. The lowest BCUT2D eigenvalue weighted by atomic mass is 10.1. The maximum absolute atomic E-state index is 6.16. The molecule has 0 saturated carbocycles. The van der Waals surface area contributed by atoms with Crippen LogP contribution in [-0.4, -0.2) is 4.98 Å². The number of nitrogen functional groups attached to an aromatic ring is 1. The Balaban J connectivity index is 1.87. The fourth-order valence-electron chi connectivity index (χ4n) is 2.18. The second kappa shape index (κ2) is 5.39. The highest BCUT2D eigenvalue weighted by Gasteiger charge is 2.04. The minimum Gasteiger partial charge on any atom is -0.399 e. The first kappa shape index (κ1) is 12.8. The van der Waals surface area contributed by atoms with Gasteiger partial charge in [0.2, 0.25) is 0 Å². The molecule has 0 bridgehead atoms. The van der Waals surface area contributed by atoms with Gasteiger partial charge in [-0.05, 0) is 29.8 Å². The number of anilines is 2. The van der Waals surface area contributed by atoms with E-state index >= 15 is 0 Å². The highest BCUT2D eigenvalue weighted by Crippen LogP contribution is 2.25. The summed E-state index contributed by atoms with van der Waals surface area (Å²) >= 11 is 6.16. The van der Waals surface area contributed by atoms with Crippen LogP contribution >= 0.6 is 11.6 Å². The van der Waals surface area contributed by atoms with E-state index < -0.39 is 0 Å². The van der Waals surface area contributed by atoms with Gasteiger partial charge in [0.25, 0.3) is 0 Å². The molecule has 0 spiro atoms. The normalized spacial score (nSPS) is 10.7. The summed E-state index contributed by atoms with van der Waals surface area (Å²) in [5.74, 6) is 0. The van der Waals surface area contributed by atoms with Gasteiger partial charge in [0, 0.05) is 23.8 Å². The lowest BCUT2D eigenvalue weighted by Gasteiger charge is -2.10. The second-order valence-electron chi connectivity index (χ2n) is 4.59. The largest absolute Gasteiger partial charge is 0.399 e. The van der Waals surface area contributed by atoms with E-state index in [2.05, 4.69) is 28.5 Å². The van der Waals surface area contributed by atoms with Crippen LogP contribution in [0, 0.1) is 0 Å². The summed E-state index contributed by atoms with van der Waals surface area (Å²) in [7, 11) is 0. The number of aromatic nitrogens is 1. The summed E-state index contributed by atoms with van der Waals surface area (Å²) in [6.07, 6.45) is 1.81. The van der Waals surface area contributed by atoms with E-state index in [4.69, 9.17) is 17.3 Å². The van der Waals surface area contributed by atoms with E-state index in [0.717, 1.165) is 22.2 Å². The molecule has 0 unspecified atom stereocenters. The molecule has 20 heavy (non-hydrogen) atoms. The highest BCUT2D eigenvalue weighted by atomic mass is 35.5. The number of rotatable bonds is 3. The number of halogens is 1. The molecule has 1 heterocycles. The molecule has 1 aromatic heterocycles. The lowest BCUT2D eigenvalue weighted by molar-refractivity contribution is 1.15. The first-order valence-corrected chi connectivity index (χ1v) is 6.73. The van der Waals surface area contributed by atoms with E-state index in [9.17, 15) is 0 Å². The van der Waals surface area contributed by atoms with Crippen molar-refractivity contribution in [1.29, 1.82) is 0 Å². The van der Waals surface area contributed by atoms with Crippen molar-refractivity contribution >= 4 is 33.9 Å². The van der Waals surface area contributed by atoms with E-state index in [1.54, 1.807) is 6.07 Å². The van der Waals surface area contributed by atoms with Crippen molar-refractivity contribution in [1.82, 2.24) is 4.98 Å². The molecule has 0 aliphatic heterocycles. The number of nitrogens with two attached hydrogens (primary N) is 1. The molecule has 3 N–H and O–H groups in total. The smallest absolute Gasteiger partial charge is 0.0751 e. The van der Waals surface area contributed by atoms with Gasteiger partial charge in [-0.2, -0.15) is 0 Å². The van der Waals surface area contributed by atoms with Crippen LogP contribution in [0.5, 0.6) is 0 Å². The van der Waals surface area contributed by atoms with Crippen molar-refractivity contribution in [2.24, 2.45) is 0 Å². The Labute approximate surface area is 122 Å². The third kappa shape index (κ3) is 2.53. The number of benzene rings is 2. The van der Waals surface area contributed by atoms with E-state index in [0.29, 0.717) is 17.3 Å². The van der Waals surface area contributed by atoms with Gasteiger partial charge in [-0.25, -0.2) is 0 Å². The van der Waals surface area contributed by atoms with Gasteiger partial charge in [0.1, 0.15) is 0 Å². The summed E-state index contributed by atoms with van der Waals surface area (Å²) in [4.78, 5) is 4.44. The zero-order valence-corrected chi connectivity index (χ0v) is 11.6. The van der Waals surface area contributed by atoms with Gasteiger partial charge in [0.15, 0.2) is 0 Å². The Morgan fingerprint density at radius 2 is 1.95 bits per heavy atom. The number of para-hydroxylation sites is 1. The summed E-state index contributed by atoms with van der Waals surface area (Å²) in [5, 5.41) is 5.08. The van der Waals surface area contributed by atoms with Crippen LogP contribution in [0.25, 0.3) is 10.9 Å². The molecule has 0 amide bonds. The predicted molar refractivity (Wildman–Crippen MR) is 84.9 cm³/mol. The van der Waals surface area contributed by atoms with Crippen molar-refractivity contribution in [3.05, 3.63) is 65.3 Å². The van der Waals surface area contributed by atoms with Gasteiger partial charge < -0.3 is 11.1 Å². The van der Waals surface area contributed by atoms with Gasteiger partial charge in [-0.15, -0.1) is 0 Å². The van der Waals surface area contributed by atoms with Crippen LogP contribution in [0.3, 0.4) is 0 Å². The van der Waals surface area contributed by atoms with E-state index in [1.807, 2.05) is 30.5 Å². The maximum Gasteiger partial charge on any atom is 0.0751 e. The van der Waals surface area contributed by atoms with Crippen LogP contribution < -0.4 is 11.1 Å². The number of hydrogen-bond acceptors (Lipinski definition) is 3. The van der Waals surface area contributed by atoms with Crippen molar-refractivity contribution < 1.29 is 0 Å². The molecule has 4 heteroatoms. The Kier molecular flexibility index (Phi) is 3.44. The van der Waals surface area contributed by atoms with Crippen LogP contribution in [0.15, 0.2) is 54.7 Å². The zero-order valence-electron chi connectivity index (χ0n) is 10.8. The lowest BCUT2D eigenvalue weighted by Crippen LogP contribution is -2.01. The fraction of sp³-hybridized carbons (Fsp3) is 0.0625. The molecule has 0 atom stereocenters. The first-order valence-electron chi connectivity index (χ1n) is 6.35.